The fourth-order valence-electron chi connectivity index (χ4n) is 6.32. The van der Waals surface area contributed by atoms with E-state index in [1.807, 2.05) is 48.5 Å². The molecule has 0 aliphatic carbocycles. The minimum atomic E-state index is 0.498. The van der Waals surface area contributed by atoms with Crippen molar-refractivity contribution in [3.63, 3.8) is 0 Å². The molecule has 0 aliphatic heterocycles. The Morgan fingerprint density at radius 2 is 0.950 bits per heavy atom. The summed E-state index contributed by atoms with van der Waals surface area (Å²) in [5.41, 5.74) is 6.39. The van der Waals surface area contributed by atoms with Crippen molar-refractivity contribution in [3.05, 3.63) is 132 Å². The lowest BCUT2D eigenvalue weighted by atomic mass is 10.0. The molecule has 0 saturated carbocycles. The minimum absolute atomic E-state index is 0.498. The Hall–Kier alpha value is -5.84. The van der Waals surface area contributed by atoms with Crippen molar-refractivity contribution in [2.24, 2.45) is 0 Å². The third kappa shape index (κ3) is 2.93. The van der Waals surface area contributed by atoms with Crippen molar-refractivity contribution in [1.29, 1.82) is 10.5 Å². The number of nitrogens with zero attached hydrogens (tertiary/aromatic N) is 4. The van der Waals surface area contributed by atoms with Crippen LogP contribution in [-0.2, 0) is 0 Å². The van der Waals surface area contributed by atoms with E-state index < -0.39 is 0 Å². The molecule has 4 nitrogen and oxygen atoms in total. The van der Waals surface area contributed by atoms with Gasteiger partial charge in [-0.25, -0.2) is 0 Å². The maximum atomic E-state index is 10.8. The molecule has 2 heterocycles. The maximum Gasteiger partial charge on any atom is 0.104 e. The normalized spacial score (nSPS) is 11.4. The van der Waals surface area contributed by atoms with E-state index in [1.165, 1.54) is 0 Å². The first kappa shape index (κ1) is 22.2. The van der Waals surface area contributed by atoms with Crippen molar-refractivity contribution >= 4 is 54.4 Å². The zero-order chi connectivity index (χ0) is 26.8. The molecule has 184 valence electrons. The second-order valence-electron chi connectivity index (χ2n) is 10.0. The lowest BCUT2D eigenvalue weighted by molar-refractivity contribution is 1.11. The van der Waals surface area contributed by atoms with Gasteiger partial charge in [-0.1, -0.05) is 84.9 Å². The van der Waals surface area contributed by atoms with Gasteiger partial charge in [-0.2, -0.15) is 10.5 Å². The molecule has 0 N–H and O–H groups in total. The number of para-hydroxylation sites is 3. The van der Waals surface area contributed by atoms with E-state index in [4.69, 9.17) is 0 Å². The van der Waals surface area contributed by atoms with E-state index in [1.54, 1.807) is 0 Å². The number of nitriles is 2. The number of fused-ring (bicyclic) bond motifs is 8. The largest absolute Gasteiger partial charge is 0.308 e. The lowest BCUT2D eigenvalue weighted by Crippen LogP contribution is -2.05. The molecule has 0 fully saturated rings. The van der Waals surface area contributed by atoms with E-state index in [9.17, 15) is 10.5 Å². The molecule has 4 heteroatoms. The molecule has 2 aromatic heterocycles. The molecule has 0 aliphatic rings. The lowest BCUT2D eigenvalue weighted by Gasteiger charge is -2.16. The van der Waals surface area contributed by atoms with Crippen LogP contribution in [0.25, 0.3) is 65.8 Å². The van der Waals surface area contributed by atoms with Crippen LogP contribution in [-0.4, -0.2) is 9.13 Å². The predicted octanol–water partition coefficient (Wildman–Crippen LogP) is 8.78. The van der Waals surface area contributed by atoms with Crippen molar-refractivity contribution in [2.75, 3.05) is 0 Å². The van der Waals surface area contributed by atoms with Crippen LogP contribution in [0, 0.1) is 22.7 Å². The Balaban J connectivity index is 1.56. The van der Waals surface area contributed by atoms with Gasteiger partial charge >= 0.3 is 0 Å². The number of aromatic nitrogens is 2. The third-order valence-electron chi connectivity index (χ3n) is 7.96. The molecule has 6 aromatic carbocycles. The zero-order valence-corrected chi connectivity index (χ0v) is 21.3. The second kappa shape index (κ2) is 8.33. The molecule has 0 radical (unpaired) electrons. The highest BCUT2D eigenvalue weighted by atomic mass is 15.0. The summed E-state index contributed by atoms with van der Waals surface area (Å²) in [6, 6.07) is 45.9. The van der Waals surface area contributed by atoms with E-state index >= 15 is 0 Å². The molecule has 0 unspecified atom stereocenters. The fraction of sp³-hybridized carbons (Fsp3) is 0. The van der Waals surface area contributed by atoms with Gasteiger partial charge in [0.05, 0.1) is 45.1 Å². The van der Waals surface area contributed by atoms with E-state index in [-0.39, 0.29) is 0 Å². The summed E-state index contributed by atoms with van der Waals surface area (Å²) in [4.78, 5) is 0. The van der Waals surface area contributed by atoms with Gasteiger partial charge in [0.2, 0.25) is 0 Å². The Morgan fingerprint density at radius 3 is 1.55 bits per heavy atom. The van der Waals surface area contributed by atoms with Crippen LogP contribution >= 0.6 is 0 Å². The highest BCUT2D eigenvalue weighted by Crippen LogP contribution is 2.40. The van der Waals surface area contributed by atoms with Crippen molar-refractivity contribution in [3.8, 4) is 23.5 Å². The molecule has 0 spiro atoms. The smallest absolute Gasteiger partial charge is 0.104 e. The minimum Gasteiger partial charge on any atom is -0.308 e. The molecule has 40 heavy (non-hydrogen) atoms. The first-order valence-corrected chi connectivity index (χ1v) is 13.2. The van der Waals surface area contributed by atoms with E-state index in [0.29, 0.717) is 22.5 Å². The summed E-state index contributed by atoms with van der Waals surface area (Å²) in [5, 5.41) is 27.7. The molecular formula is C36H20N4. The van der Waals surface area contributed by atoms with E-state index in [2.05, 4.69) is 94.1 Å². The topological polar surface area (TPSA) is 57.4 Å². The maximum absolute atomic E-state index is 10.8. The Kier molecular flexibility index (Phi) is 4.62. The van der Waals surface area contributed by atoms with E-state index in [0.717, 1.165) is 54.4 Å². The van der Waals surface area contributed by atoms with Gasteiger partial charge < -0.3 is 9.13 Å². The van der Waals surface area contributed by atoms with Crippen molar-refractivity contribution in [2.45, 2.75) is 0 Å². The Morgan fingerprint density at radius 1 is 0.450 bits per heavy atom. The van der Waals surface area contributed by atoms with Crippen LogP contribution in [0.4, 0.5) is 0 Å². The average molecular weight is 509 g/mol. The van der Waals surface area contributed by atoms with Gasteiger partial charge in [-0.3, -0.25) is 0 Å². The van der Waals surface area contributed by atoms with Crippen molar-refractivity contribution < 1.29 is 0 Å². The van der Waals surface area contributed by atoms with Gasteiger partial charge in [0.25, 0.3) is 0 Å². The first-order valence-electron chi connectivity index (χ1n) is 13.2. The number of hydrogen-bond donors (Lipinski definition) is 0. The molecule has 0 atom stereocenters. The average Bonchev–Trinajstić information content (AvgIpc) is 3.53. The van der Waals surface area contributed by atoms with Gasteiger partial charge in [0.15, 0.2) is 0 Å². The Bertz CT molecular complexity index is 2350. The second-order valence-corrected chi connectivity index (χ2v) is 10.0. The summed E-state index contributed by atoms with van der Waals surface area (Å²) < 4.78 is 4.27. The van der Waals surface area contributed by atoms with Crippen LogP contribution < -0.4 is 0 Å². The quantitative estimate of drug-likeness (QED) is 0.234. The molecule has 0 bridgehead atoms. The summed E-state index contributed by atoms with van der Waals surface area (Å²) in [7, 11) is 0. The third-order valence-corrected chi connectivity index (χ3v) is 7.96. The van der Waals surface area contributed by atoms with Gasteiger partial charge in [0, 0.05) is 21.5 Å². The van der Waals surface area contributed by atoms with Crippen LogP contribution in [0.3, 0.4) is 0 Å². The molecule has 0 saturated heterocycles. The van der Waals surface area contributed by atoms with Crippen molar-refractivity contribution in [1.82, 2.24) is 9.13 Å². The predicted molar refractivity (Wildman–Crippen MR) is 162 cm³/mol. The molecule has 8 rings (SSSR count). The Labute approximate surface area is 229 Å². The monoisotopic (exact) mass is 508 g/mol. The SMILES string of the molecule is N#Cc1cc(-n2c3ccccc3c3ccccc32)c(C#N)c(-n2c3ccccc3c3c4ccccc4ccc32)c1. The summed E-state index contributed by atoms with van der Waals surface area (Å²) in [5.74, 6) is 0. The summed E-state index contributed by atoms with van der Waals surface area (Å²) >= 11 is 0. The summed E-state index contributed by atoms with van der Waals surface area (Å²) in [6.07, 6.45) is 0. The fourth-order valence-corrected chi connectivity index (χ4v) is 6.32. The van der Waals surface area contributed by atoms with Gasteiger partial charge in [0.1, 0.15) is 11.6 Å². The number of benzene rings is 6. The molecule has 8 aromatic rings. The van der Waals surface area contributed by atoms with Gasteiger partial charge in [-0.15, -0.1) is 0 Å². The molecular weight excluding hydrogens is 488 g/mol. The summed E-state index contributed by atoms with van der Waals surface area (Å²) in [6.45, 7) is 0. The number of hydrogen-bond acceptors (Lipinski definition) is 2. The standard InChI is InChI=1S/C36H20N4/c37-21-23-19-34(39-30-14-6-3-11-26(30)27-12-4-7-15-31(27)39)29(22-38)35(20-23)40-32-16-8-5-13-28(32)36-25-10-2-1-9-24(25)17-18-33(36)40/h1-20H. The van der Waals surface area contributed by atoms with Crippen LogP contribution in [0.5, 0.6) is 0 Å². The first-order chi connectivity index (χ1) is 19.8. The zero-order valence-electron chi connectivity index (χ0n) is 21.3. The van der Waals surface area contributed by atoms with Crippen LogP contribution in [0.1, 0.15) is 11.1 Å². The molecule has 0 amide bonds. The van der Waals surface area contributed by atoms with Gasteiger partial charge in [-0.05, 0) is 47.2 Å². The highest BCUT2D eigenvalue weighted by molar-refractivity contribution is 6.21. The number of rotatable bonds is 2. The highest BCUT2D eigenvalue weighted by Gasteiger charge is 2.22. The van der Waals surface area contributed by atoms with Crippen LogP contribution in [0.2, 0.25) is 0 Å². The van der Waals surface area contributed by atoms with Crippen LogP contribution in [0.15, 0.2) is 121 Å².